The molecule has 2 saturated heterocycles. The van der Waals surface area contributed by atoms with E-state index in [0.29, 0.717) is 18.6 Å². The Labute approximate surface area is 150 Å². The Bertz CT molecular complexity index is 435. The Morgan fingerprint density at radius 2 is 2.00 bits per heavy atom. The number of carbonyl (C=O) groups excluding carboxylic acids is 1. The molecular formula is C17H35N7O. The molecule has 6 unspecified atom stereocenters. The van der Waals surface area contributed by atoms with E-state index in [9.17, 15) is 4.79 Å². The van der Waals surface area contributed by atoms with Crippen LogP contribution in [0.25, 0.3) is 0 Å². The normalized spacial score (nSPS) is 38.6. The van der Waals surface area contributed by atoms with Crippen molar-refractivity contribution in [2.45, 2.75) is 63.6 Å². The van der Waals surface area contributed by atoms with Crippen LogP contribution in [0, 0.1) is 11.8 Å². The first-order valence-electron chi connectivity index (χ1n) is 9.87. The predicted molar refractivity (Wildman–Crippen MR) is 98.8 cm³/mol. The molecule has 2 aliphatic heterocycles. The van der Waals surface area contributed by atoms with Crippen LogP contribution >= 0.6 is 0 Å². The highest BCUT2D eigenvalue weighted by molar-refractivity contribution is 5.74. The first-order valence-corrected chi connectivity index (χ1v) is 9.87. The molecule has 0 aromatic rings. The summed E-state index contributed by atoms with van der Waals surface area (Å²) in [6, 6.07) is 0.535. The lowest BCUT2D eigenvalue weighted by molar-refractivity contribution is 0.151. The molecule has 2 heterocycles. The number of rotatable bonds is 5. The van der Waals surface area contributed by atoms with Crippen molar-refractivity contribution in [3.63, 3.8) is 0 Å². The average Bonchev–Trinajstić information content (AvgIpc) is 2.59. The largest absolute Gasteiger partial charge is 0.335 e. The SMILES string of the molecule is CC1CC(NCCN)NC(NC(=O)NC2CCC3CNCCC3C2)N1. The summed E-state index contributed by atoms with van der Waals surface area (Å²) < 4.78 is 0. The number of nitrogens with two attached hydrogens (primary N) is 1. The number of urea groups is 1. The summed E-state index contributed by atoms with van der Waals surface area (Å²) in [5.41, 5.74) is 5.56. The number of fused-ring (bicyclic) bond motifs is 1. The molecule has 8 N–H and O–H groups in total. The molecule has 2 amide bonds. The van der Waals surface area contributed by atoms with E-state index in [-0.39, 0.29) is 18.5 Å². The van der Waals surface area contributed by atoms with Crippen molar-refractivity contribution < 1.29 is 4.79 Å². The zero-order valence-corrected chi connectivity index (χ0v) is 15.3. The van der Waals surface area contributed by atoms with Gasteiger partial charge < -0.3 is 27.0 Å². The molecule has 3 aliphatic rings. The molecule has 8 heteroatoms. The van der Waals surface area contributed by atoms with E-state index in [0.717, 1.165) is 50.7 Å². The van der Waals surface area contributed by atoms with Crippen molar-refractivity contribution >= 4 is 6.03 Å². The van der Waals surface area contributed by atoms with E-state index in [1.807, 2.05) is 0 Å². The number of hydrogen-bond acceptors (Lipinski definition) is 6. The minimum absolute atomic E-state index is 0.0888. The van der Waals surface area contributed by atoms with Gasteiger partial charge in [-0.3, -0.25) is 10.6 Å². The lowest BCUT2D eigenvalue weighted by Gasteiger charge is -2.40. The topological polar surface area (TPSA) is 115 Å². The van der Waals surface area contributed by atoms with Gasteiger partial charge in [0.15, 0.2) is 0 Å². The first kappa shape index (κ1) is 18.8. The van der Waals surface area contributed by atoms with Gasteiger partial charge in [0.25, 0.3) is 0 Å². The molecule has 0 aromatic heterocycles. The van der Waals surface area contributed by atoms with Crippen LogP contribution in [0.1, 0.15) is 39.0 Å². The highest BCUT2D eigenvalue weighted by Crippen LogP contribution is 2.33. The van der Waals surface area contributed by atoms with Crippen molar-refractivity contribution in [2.75, 3.05) is 26.2 Å². The molecule has 144 valence electrons. The maximum atomic E-state index is 12.4. The van der Waals surface area contributed by atoms with Gasteiger partial charge in [0.05, 0.1) is 6.17 Å². The fourth-order valence-electron chi connectivity index (χ4n) is 4.52. The molecule has 0 radical (unpaired) electrons. The van der Waals surface area contributed by atoms with Gasteiger partial charge in [0.1, 0.15) is 6.29 Å². The third-order valence-electron chi connectivity index (χ3n) is 5.79. The van der Waals surface area contributed by atoms with Crippen LogP contribution < -0.4 is 37.6 Å². The third kappa shape index (κ3) is 5.52. The second kappa shape index (κ2) is 9.14. The number of piperidine rings is 1. The van der Waals surface area contributed by atoms with Gasteiger partial charge in [-0.1, -0.05) is 0 Å². The molecule has 3 rings (SSSR count). The first-order chi connectivity index (χ1) is 12.1. The fourth-order valence-corrected chi connectivity index (χ4v) is 4.52. The van der Waals surface area contributed by atoms with Crippen LogP contribution in [0.5, 0.6) is 0 Å². The van der Waals surface area contributed by atoms with Crippen molar-refractivity contribution in [3.8, 4) is 0 Å². The number of carbonyl (C=O) groups is 1. The highest BCUT2D eigenvalue weighted by atomic mass is 16.2. The van der Waals surface area contributed by atoms with Crippen LogP contribution in [0.15, 0.2) is 0 Å². The monoisotopic (exact) mass is 353 g/mol. The van der Waals surface area contributed by atoms with E-state index in [1.54, 1.807) is 0 Å². The summed E-state index contributed by atoms with van der Waals surface area (Å²) in [5.74, 6) is 1.56. The molecule has 0 spiro atoms. The smallest absolute Gasteiger partial charge is 0.317 e. The molecule has 0 bridgehead atoms. The van der Waals surface area contributed by atoms with Crippen LogP contribution in [0.2, 0.25) is 0 Å². The van der Waals surface area contributed by atoms with Gasteiger partial charge in [0, 0.05) is 25.2 Å². The maximum absolute atomic E-state index is 12.4. The van der Waals surface area contributed by atoms with E-state index < -0.39 is 0 Å². The van der Waals surface area contributed by atoms with E-state index in [4.69, 9.17) is 5.73 Å². The summed E-state index contributed by atoms with van der Waals surface area (Å²) in [7, 11) is 0. The molecular weight excluding hydrogens is 318 g/mol. The summed E-state index contributed by atoms with van der Waals surface area (Å²) in [4.78, 5) is 12.4. The molecule has 25 heavy (non-hydrogen) atoms. The predicted octanol–water partition coefficient (Wildman–Crippen LogP) is -0.807. The molecule has 1 aliphatic carbocycles. The number of hydrogen-bond donors (Lipinski definition) is 7. The van der Waals surface area contributed by atoms with Gasteiger partial charge >= 0.3 is 6.03 Å². The van der Waals surface area contributed by atoms with Gasteiger partial charge in [-0.15, -0.1) is 0 Å². The lowest BCUT2D eigenvalue weighted by Crippen LogP contribution is -2.68. The second-order valence-electron chi connectivity index (χ2n) is 7.84. The van der Waals surface area contributed by atoms with Crippen LogP contribution in [-0.4, -0.2) is 56.7 Å². The number of amides is 2. The minimum atomic E-state index is -0.228. The van der Waals surface area contributed by atoms with Gasteiger partial charge in [-0.2, -0.15) is 0 Å². The molecule has 3 fully saturated rings. The zero-order valence-electron chi connectivity index (χ0n) is 15.3. The van der Waals surface area contributed by atoms with Crippen molar-refractivity contribution in [3.05, 3.63) is 0 Å². The Kier molecular flexibility index (Phi) is 6.89. The Hall–Kier alpha value is -0.930. The Morgan fingerprint density at radius 3 is 2.84 bits per heavy atom. The van der Waals surface area contributed by atoms with Gasteiger partial charge in [-0.25, -0.2) is 4.79 Å². The van der Waals surface area contributed by atoms with Crippen LogP contribution in [-0.2, 0) is 0 Å². The zero-order chi connectivity index (χ0) is 17.6. The van der Waals surface area contributed by atoms with Crippen LogP contribution in [0.3, 0.4) is 0 Å². The number of nitrogens with one attached hydrogen (secondary N) is 6. The van der Waals surface area contributed by atoms with Crippen molar-refractivity contribution in [1.29, 1.82) is 0 Å². The van der Waals surface area contributed by atoms with Crippen molar-refractivity contribution in [2.24, 2.45) is 17.6 Å². The summed E-state index contributed by atoms with van der Waals surface area (Å²) in [5, 5.41) is 19.8. The van der Waals surface area contributed by atoms with E-state index in [1.165, 1.54) is 12.8 Å². The standard InChI is InChI=1S/C17H35N7O/c1-11-8-15(20-7-5-18)23-16(21-11)24-17(25)22-14-3-2-13-10-19-6-4-12(13)9-14/h11-16,19-21,23H,2-10,18H2,1H3,(H2,22,24,25). The molecule has 6 atom stereocenters. The fraction of sp³-hybridized carbons (Fsp3) is 0.941. The molecule has 0 aromatic carbocycles. The highest BCUT2D eigenvalue weighted by Gasteiger charge is 2.33. The lowest BCUT2D eigenvalue weighted by atomic mass is 9.73. The maximum Gasteiger partial charge on any atom is 0.317 e. The van der Waals surface area contributed by atoms with E-state index in [2.05, 4.69) is 38.8 Å². The molecule has 8 nitrogen and oxygen atoms in total. The molecule has 1 saturated carbocycles. The summed E-state index contributed by atoms with van der Waals surface area (Å²) >= 11 is 0. The minimum Gasteiger partial charge on any atom is -0.335 e. The summed E-state index contributed by atoms with van der Waals surface area (Å²) in [6.45, 7) is 5.77. The Morgan fingerprint density at radius 1 is 1.12 bits per heavy atom. The van der Waals surface area contributed by atoms with Gasteiger partial charge in [-0.05, 0) is 64.0 Å². The average molecular weight is 354 g/mol. The van der Waals surface area contributed by atoms with Crippen molar-refractivity contribution in [1.82, 2.24) is 31.9 Å². The van der Waals surface area contributed by atoms with Gasteiger partial charge in [0.2, 0.25) is 0 Å². The summed E-state index contributed by atoms with van der Waals surface area (Å²) in [6.07, 6.45) is 5.54. The third-order valence-corrected chi connectivity index (χ3v) is 5.79. The second-order valence-corrected chi connectivity index (χ2v) is 7.84. The quantitative estimate of drug-likeness (QED) is 0.348. The Balaban J connectivity index is 1.42. The van der Waals surface area contributed by atoms with E-state index >= 15 is 0 Å². The van der Waals surface area contributed by atoms with Crippen LogP contribution in [0.4, 0.5) is 4.79 Å².